The number of hydrogen-bond acceptors (Lipinski definition) is 8. The Hall–Kier alpha value is -1.12. The van der Waals surface area contributed by atoms with Gasteiger partial charge in [0.2, 0.25) is 11.9 Å². The fraction of sp³-hybridized carbons (Fsp3) is 0.700. The molecule has 1 fully saturated rings. The number of aliphatic hydroxyl groups is 1. The van der Waals surface area contributed by atoms with E-state index in [9.17, 15) is 0 Å². The molecular formula is C10H17N5O2S. The maximum atomic E-state index is 9.03. The molecule has 0 amide bonds. The molecule has 1 aromatic rings. The van der Waals surface area contributed by atoms with Crippen molar-refractivity contribution in [2.24, 2.45) is 0 Å². The molecule has 2 rings (SSSR count). The second-order valence-electron chi connectivity index (χ2n) is 3.99. The summed E-state index contributed by atoms with van der Waals surface area (Å²) < 4.78 is 5.28. The Labute approximate surface area is 110 Å². The number of nitrogens with zero attached hydrogens (tertiary/aromatic N) is 4. The molecule has 1 unspecified atom stereocenters. The highest BCUT2D eigenvalue weighted by Crippen LogP contribution is 2.21. The van der Waals surface area contributed by atoms with Crippen LogP contribution in [-0.4, -0.2) is 58.2 Å². The topological polar surface area (TPSA) is 97.4 Å². The summed E-state index contributed by atoms with van der Waals surface area (Å²) >= 11 is 1.39. The summed E-state index contributed by atoms with van der Waals surface area (Å²) in [6, 6.07) is 0. The van der Waals surface area contributed by atoms with Gasteiger partial charge < -0.3 is 20.5 Å². The zero-order valence-corrected chi connectivity index (χ0v) is 11.1. The van der Waals surface area contributed by atoms with Crippen LogP contribution in [-0.2, 0) is 4.74 Å². The number of thioether (sulfide) groups is 1. The molecule has 3 N–H and O–H groups in total. The van der Waals surface area contributed by atoms with Crippen molar-refractivity contribution < 1.29 is 9.84 Å². The average Bonchev–Trinajstić information content (AvgIpc) is 2.39. The van der Waals surface area contributed by atoms with Crippen molar-refractivity contribution >= 4 is 23.7 Å². The van der Waals surface area contributed by atoms with Gasteiger partial charge in [-0.2, -0.15) is 15.0 Å². The Morgan fingerprint density at radius 1 is 1.39 bits per heavy atom. The van der Waals surface area contributed by atoms with Crippen LogP contribution < -0.4 is 10.6 Å². The molecule has 1 saturated heterocycles. The maximum Gasteiger partial charge on any atom is 0.231 e. The Morgan fingerprint density at radius 3 is 2.78 bits per heavy atom. The van der Waals surface area contributed by atoms with Crippen molar-refractivity contribution in [3.63, 3.8) is 0 Å². The Morgan fingerprint density at radius 2 is 2.11 bits per heavy atom. The molecule has 7 nitrogen and oxygen atoms in total. The van der Waals surface area contributed by atoms with E-state index >= 15 is 0 Å². The molecule has 100 valence electrons. The molecular weight excluding hydrogens is 254 g/mol. The van der Waals surface area contributed by atoms with E-state index in [0.717, 1.165) is 13.1 Å². The molecule has 0 saturated carbocycles. The first kappa shape index (κ1) is 13.3. The lowest BCUT2D eigenvalue weighted by Crippen LogP contribution is -2.37. The first-order chi connectivity index (χ1) is 8.69. The van der Waals surface area contributed by atoms with E-state index in [1.165, 1.54) is 11.8 Å². The third-order valence-corrected chi connectivity index (χ3v) is 3.42. The van der Waals surface area contributed by atoms with E-state index in [1.807, 2.05) is 11.8 Å². The largest absolute Gasteiger partial charge is 0.395 e. The standard InChI is InChI=1S/C10H17N5O2S/c1-7(6-16)18-10-13-8(11)12-9(14-10)15-2-4-17-5-3-15/h7,16H,2-6H2,1H3,(H2,11,12,13,14). The molecule has 2 heterocycles. The van der Waals surface area contributed by atoms with Gasteiger partial charge in [-0.05, 0) is 0 Å². The third-order valence-electron chi connectivity index (χ3n) is 2.48. The van der Waals surface area contributed by atoms with Gasteiger partial charge in [-0.3, -0.25) is 0 Å². The van der Waals surface area contributed by atoms with Crippen LogP contribution in [0.5, 0.6) is 0 Å². The molecule has 0 bridgehead atoms. The smallest absolute Gasteiger partial charge is 0.231 e. The zero-order chi connectivity index (χ0) is 13.0. The van der Waals surface area contributed by atoms with Crippen molar-refractivity contribution in [2.45, 2.75) is 17.3 Å². The second kappa shape index (κ2) is 6.17. The van der Waals surface area contributed by atoms with Crippen molar-refractivity contribution in [1.82, 2.24) is 15.0 Å². The molecule has 0 radical (unpaired) electrons. The minimum atomic E-state index is 0.0318. The molecule has 1 aromatic heterocycles. The summed E-state index contributed by atoms with van der Waals surface area (Å²) in [6.07, 6.45) is 0. The van der Waals surface area contributed by atoms with Crippen LogP contribution in [0.15, 0.2) is 5.16 Å². The van der Waals surface area contributed by atoms with Gasteiger partial charge in [-0.1, -0.05) is 18.7 Å². The molecule has 1 aliphatic rings. The Bertz CT molecular complexity index is 400. The molecule has 0 aliphatic carbocycles. The van der Waals surface area contributed by atoms with Gasteiger partial charge in [0.25, 0.3) is 0 Å². The van der Waals surface area contributed by atoms with Gasteiger partial charge in [0, 0.05) is 18.3 Å². The van der Waals surface area contributed by atoms with Gasteiger partial charge in [-0.15, -0.1) is 0 Å². The number of aliphatic hydroxyl groups excluding tert-OH is 1. The summed E-state index contributed by atoms with van der Waals surface area (Å²) in [5, 5.41) is 9.61. The fourth-order valence-corrected chi connectivity index (χ4v) is 2.25. The maximum absolute atomic E-state index is 9.03. The molecule has 0 spiro atoms. The van der Waals surface area contributed by atoms with E-state index in [0.29, 0.717) is 24.3 Å². The average molecular weight is 271 g/mol. The Kier molecular flexibility index (Phi) is 4.56. The van der Waals surface area contributed by atoms with Crippen molar-refractivity contribution in [1.29, 1.82) is 0 Å². The first-order valence-electron chi connectivity index (χ1n) is 5.81. The zero-order valence-electron chi connectivity index (χ0n) is 10.2. The monoisotopic (exact) mass is 271 g/mol. The van der Waals surface area contributed by atoms with Gasteiger partial charge in [0.15, 0.2) is 5.16 Å². The quantitative estimate of drug-likeness (QED) is 0.724. The van der Waals surface area contributed by atoms with E-state index < -0.39 is 0 Å². The Balaban J connectivity index is 2.14. The van der Waals surface area contributed by atoms with E-state index in [4.69, 9.17) is 15.6 Å². The van der Waals surface area contributed by atoms with Crippen LogP contribution in [0.4, 0.5) is 11.9 Å². The van der Waals surface area contributed by atoms with E-state index in [2.05, 4.69) is 15.0 Å². The summed E-state index contributed by atoms with van der Waals surface area (Å²) in [4.78, 5) is 14.6. The highest BCUT2D eigenvalue weighted by molar-refractivity contribution is 7.99. The first-order valence-corrected chi connectivity index (χ1v) is 6.69. The SMILES string of the molecule is CC(CO)Sc1nc(N)nc(N2CCOCC2)n1. The van der Waals surface area contributed by atoms with Crippen LogP contribution in [0.1, 0.15) is 6.92 Å². The van der Waals surface area contributed by atoms with Gasteiger partial charge in [0.1, 0.15) is 0 Å². The normalized spacial score (nSPS) is 17.8. The molecule has 0 aromatic carbocycles. The highest BCUT2D eigenvalue weighted by Gasteiger charge is 2.16. The summed E-state index contributed by atoms with van der Waals surface area (Å²) in [6.45, 7) is 4.82. The molecule has 18 heavy (non-hydrogen) atoms. The molecule has 1 aliphatic heterocycles. The summed E-state index contributed by atoms with van der Waals surface area (Å²) in [5.41, 5.74) is 5.69. The number of hydrogen-bond donors (Lipinski definition) is 2. The van der Waals surface area contributed by atoms with Crippen molar-refractivity contribution in [3.8, 4) is 0 Å². The van der Waals surface area contributed by atoms with Crippen LogP contribution >= 0.6 is 11.8 Å². The minimum absolute atomic E-state index is 0.0318. The minimum Gasteiger partial charge on any atom is -0.395 e. The predicted octanol–water partition coefficient (Wildman–Crippen LogP) is -0.237. The predicted molar refractivity (Wildman–Crippen MR) is 69.7 cm³/mol. The number of morpholine rings is 1. The molecule has 1 atom stereocenters. The van der Waals surface area contributed by atoms with Gasteiger partial charge >= 0.3 is 0 Å². The van der Waals surface area contributed by atoms with E-state index in [1.54, 1.807) is 0 Å². The molecule has 8 heteroatoms. The van der Waals surface area contributed by atoms with Crippen LogP contribution in [0, 0.1) is 0 Å². The summed E-state index contributed by atoms with van der Waals surface area (Å²) in [5.74, 6) is 0.789. The van der Waals surface area contributed by atoms with Crippen LogP contribution in [0.25, 0.3) is 0 Å². The number of rotatable bonds is 4. The van der Waals surface area contributed by atoms with Gasteiger partial charge in [-0.25, -0.2) is 0 Å². The summed E-state index contributed by atoms with van der Waals surface area (Å²) in [7, 11) is 0. The van der Waals surface area contributed by atoms with Crippen LogP contribution in [0.2, 0.25) is 0 Å². The second-order valence-corrected chi connectivity index (χ2v) is 5.39. The highest BCUT2D eigenvalue weighted by atomic mass is 32.2. The lowest BCUT2D eigenvalue weighted by molar-refractivity contribution is 0.122. The van der Waals surface area contributed by atoms with Crippen LogP contribution in [0.3, 0.4) is 0 Å². The number of nitrogen functional groups attached to an aromatic ring is 1. The fourth-order valence-electron chi connectivity index (χ4n) is 1.54. The number of aromatic nitrogens is 3. The number of ether oxygens (including phenoxy) is 1. The number of anilines is 2. The van der Waals surface area contributed by atoms with Crippen molar-refractivity contribution in [3.05, 3.63) is 0 Å². The number of nitrogens with two attached hydrogens (primary N) is 1. The van der Waals surface area contributed by atoms with Gasteiger partial charge in [0.05, 0.1) is 19.8 Å². The van der Waals surface area contributed by atoms with E-state index in [-0.39, 0.29) is 17.8 Å². The van der Waals surface area contributed by atoms with Crippen molar-refractivity contribution in [2.75, 3.05) is 43.5 Å². The third kappa shape index (κ3) is 3.44. The lowest BCUT2D eigenvalue weighted by atomic mass is 10.4. The lowest BCUT2D eigenvalue weighted by Gasteiger charge is -2.26.